The lowest BCUT2D eigenvalue weighted by atomic mass is 9.46. The average molecular weight is 828 g/mol. The highest BCUT2D eigenvalue weighted by atomic mass is 35.5. The molecule has 2 heteroatoms. The smallest absolute Gasteiger partial charge is 0.0485 e. The first-order valence-electron chi connectivity index (χ1n) is 26.0. The van der Waals surface area contributed by atoms with Gasteiger partial charge in [0.05, 0.1) is 0 Å². The van der Waals surface area contributed by atoms with Gasteiger partial charge in [0, 0.05) is 9.75 Å². The molecule has 10 bridgehead atoms. The van der Waals surface area contributed by atoms with Crippen LogP contribution >= 0.6 is 23.2 Å². The highest BCUT2D eigenvalue weighted by Gasteiger charge is 2.59. The van der Waals surface area contributed by atoms with Crippen LogP contribution in [0.5, 0.6) is 0 Å². The van der Waals surface area contributed by atoms with Crippen molar-refractivity contribution >= 4 is 23.2 Å². The zero-order valence-electron chi connectivity index (χ0n) is 40.0. The Labute approximate surface area is 366 Å². The van der Waals surface area contributed by atoms with Gasteiger partial charge in [0.1, 0.15) is 0 Å². The SMILES string of the molecule is CC(C)C12CC3CC(CC(Cl)(C3)C1)C2.CC(C)C12CCCCC1C2.CC(C)C1C2CC3CC(C2)CC1(Cl)C3.CC(C)CCCCC12CCC(C(C)(C)C)(CC1)CC2. The zero-order valence-corrected chi connectivity index (χ0v) is 41.5. The minimum absolute atomic E-state index is 0.211. The summed E-state index contributed by atoms with van der Waals surface area (Å²) in [6.45, 7) is 26.5. The molecule has 7 atom stereocenters. The molecule has 13 fully saturated rings. The molecule has 7 unspecified atom stereocenters. The van der Waals surface area contributed by atoms with Gasteiger partial charge in [-0.3, -0.25) is 0 Å². The first-order valence-corrected chi connectivity index (χ1v) is 26.8. The normalized spacial score (nSPS) is 47.0. The van der Waals surface area contributed by atoms with Crippen molar-refractivity contribution in [3.8, 4) is 0 Å². The van der Waals surface area contributed by atoms with E-state index < -0.39 is 0 Å². The quantitative estimate of drug-likeness (QED) is 0.169. The predicted octanol–water partition coefficient (Wildman–Crippen LogP) is 18.1. The number of alkyl halides is 2. The number of hydrogen-bond donors (Lipinski definition) is 0. The van der Waals surface area contributed by atoms with Gasteiger partial charge in [-0.15, -0.1) is 23.2 Å². The number of rotatable bonds is 8. The maximum absolute atomic E-state index is 6.89. The van der Waals surface area contributed by atoms with E-state index >= 15 is 0 Å². The fraction of sp³-hybridized carbons (Fsp3) is 1.00. The lowest BCUT2D eigenvalue weighted by molar-refractivity contribution is -0.0805. The molecule has 13 saturated carbocycles. The largest absolute Gasteiger partial charge is 0.119 e. The number of unbranched alkanes of at least 4 members (excludes halogenated alkanes) is 1. The summed E-state index contributed by atoms with van der Waals surface area (Å²) in [4.78, 5) is 0.428. The van der Waals surface area contributed by atoms with Gasteiger partial charge in [-0.05, 0) is 227 Å². The van der Waals surface area contributed by atoms with E-state index in [-0.39, 0.29) is 9.75 Å². The zero-order chi connectivity index (χ0) is 41.2. The first kappa shape index (κ1) is 45.6. The lowest BCUT2D eigenvalue weighted by Gasteiger charge is -2.61. The highest BCUT2D eigenvalue weighted by molar-refractivity contribution is 6.24. The fourth-order valence-electron chi connectivity index (χ4n) is 17.8. The van der Waals surface area contributed by atoms with Crippen LogP contribution in [-0.4, -0.2) is 9.75 Å². The maximum atomic E-state index is 6.89. The van der Waals surface area contributed by atoms with Crippen LogP contribution in [0.3, 0.4) is 0 Å². The second kappa shape index (κ2) is 16.9. The van der Waals surface area contributed by atoms with E-state index in [0.717, 1.165) is 75.9 Å². The van der Waals surface area contributed by atoms with E-state index in [2.05, 4.69) is 76.2 Å². The summed E-state index contributed by atoms with van der Waals surface area (Å²) in [6, 6.07) is 0. The minimum Gasteiger partial charge on any atom is -0.119 e. The van der Waals surface area contributed by atoms with Gasteiger partial charge in [0.15, 0.2) is 0 Å². The highest BCUT2D eigenvalue weighted by Crippen LogP contribution is 2.68. The summed E-state index contributed by atoms with van der Waals surface area (Å²) >= 11 is 13.7. The Balaban J connectivity index is 0.000000118. The van der Waals surface area contributed by atoms with E-state index in [1.807, 2.05) is 0 Å². The summed E-state index contributed by atoms with van der Waals surface area (Å²) in [7, 11) is 0. The average Bonchev–Trinajstić information content (AvgIpc) is 3.86. The molecular formula is C55H96Cl2. The Morgan fingerprint density at radius 3 is 1.61 bits per heavy atom. The summed E-state index contributed by atoms with van der Waals surface area (Å²) in [5.41, 5.74) is 3.46. The predicted molar refractivity (Wildman–Crippen MR) is 250 cm³/mol. The topological polar surface area (TPSA) is 0 Å². The molecule has 0 spiro atoms. The van der Waals surface area contributed by atoms with Crippen molar-refractivity contribution in [2.45, 2.75) is 253 Å². The van der Waals surface area contributed by atoms with Crippen molar-refractivity contribution in [3.05, 3.63) is 0 Å². The lowest BCUT2D eigenvalue weighted by Crippen LogP contribution is -2.55. The van der Waals surface area contributed by atoms with Gasteiger partial charge in [-0.1, -0.05) is 108 Å². The molecule has 13 aliphatic carbocycles. The molecular weight excluding hydrogens is 732 g/mol. The molecule has 0 aromatic heterocycles. The number of halogens is 2. The molecule has 0 aromatic rings. The van der Waals surface area contributed by atoms with Gasteiger partial charge in [-0.2, -0.15) is 0 Å². The van der Waals surface area contributed by atoms with E-state index in [1.54, 1.807) is 6.42 Å². The van der Waals surface area contributed by atoms with Crippen LogP contribution in [0.1, 0.15) is 243 Å². The Hall–Kier alpha value is 0.580. The van der Waals surface area contributed by atoms with Crippen molar-refractivity contribution in [2.24, 2.45) is 92.2 Å². The molecule has 0 heterocycles. The summed E-state index contributed by atoms with van der Waals surface area (Å²) < 4.78 is 0. The third-order valence-corrected chi connectivity index (χ3v) is 21.9. The van der Waals surface area contributed by atoms with Gasteiger partial charge < -0.3 is 0 Å². The van der Waals surface area contributed by atoms with E-state index in [4.69, 9.17) is 23.2 Å². The molecule has 13 rings (SSSR count). The molecule has 0 aromatic carbocycles. The van der Waals surface area contributed by atoms with Gasteiger partial charge in [0.25, 0.3) is 0 Å². The van der Waals surface area contributed by atoms with Gasteiger partial charge in [0.2, 0.25) is 0 Å². The van der Waals surface area contributed by atoms with Crippen LogP contribution in [0.15, 0.2) is 0 Å². The van der Waals surface area contributed by atoms with Crippen LogP contribution in [0, 0.1) is 92.2 Å². The number of fused-ring (bicyclic) bond motifs is 4. The van der Waals surface area contributed by atoms with Crippen LogP contribution < -0.4 is 0 Å². The summed E-state index contributed by atoms with van der Waals surface area (Å²) in [6.07, 6.45) is 38.2. The molecule has 0 nitrogen and oxygen atoms in total. The molecule has 13 aliphatic rings. The Bertz CT molecular complexity index is 1280. The van der Waals surface area contributed by atoms with Crippen molar-refractivity contribution < 1.29 is 0 Å². The standard InChI is InChI=1S/C19H36.2C13H21Cl.C10H18/c1-16(2)8-6-7-9-18-10-13-19(14-11-18,15-12-18)17(3,4)5;1-9(2)12-4-10-3-11(5-12)7-13(14,6-10)8-12;1-8(2)12-11-4-9-3-10(5-11)7-13(12,14)6-9;1-8(2)10-6-4-3-5-9(10)7-10/h16H,6-15H2,1-5H3;9-11H,3-8H2,1-2H3;8-12H,3-7H2,1-2H3;8-9H,3-7H2,1-2H3. The van der Waals surface area contributed by atoms with E-state index in [9.17, 15) is 0 Å². The van der Waals surface area contributed by atoms with E-state index in [1.165, 1.54) is 161 Å². The number of hydrogen-bond acceptors (Lipinski definition) is 0. The summed E-state index contributed by atoms with van der Waals surface area (Å²) in [5.74, 6) is 10.3. The second-order valence-corrected chi connectivity index (χ2v) is 28.3. The Morgan fingerprint density at radius 1 is 0.596 bits per heavy atom. The fourth-order valence-corrected chi connectivity index (χ4v) is 19.3. The maximum Gasteiger partial charge on any atom is 0.0485 e. The van der Waals surface area contributed by atoms with Crippen LogP contribution in [0.2, 0.25) is 0 Å². The molecule has 0 N–H and O–H groups in total. The monoisotopic (exact) mass is 827 g/mol. The second-order valence-electron chi connectivity index (χ2n) is 26.7. The molecule has 0 aliphatic heterocycles. The van der Waals surface area contributed by atoms with Crippen LogP contribution in [0.25, 0.3) is 0 Å². The summed E-state index contributed by atoms with van der Waals surface area (Å²) in [5, 5.41) is 0. The van der Waals surface area contributed by atoms with Crippen molar-refractivity contribution in [1.82, 2.24) is 0 Å². The Kier molecular flexibility index (Phi) is 13.6. The Morgan fingerprint density at radius 2 is 1.18 bits per heavy atom. The first-order chi connectivity index (χ1) is 26.6. The minimum atomic E-state index is 0.211. The third-order valence-electron chi connectivity index (χ3n) is 20.9. The third kappa shape index (κ3) is 9.45. The molecule has 57 heavy (non-hydrogen) atoms. The molecule has 0 saturated heterocycles. The molecule has 0 radical (unpaired) electrons. The molecule has 330 valence electrons. The van der Waals surface area contributed by atoms with Gasteiger partial charge in [-0.25, -0.2) is 0 Å². The van der Waals surface area contributed by atoms with Crippen molar-refractivity contribution in [1.29, 1.82) is 0 Å². The van der Waals surface area contributed by atoms with Gasteiger partial charge >= 0.3 is 0 Å². The van der Waals surface area contributed by atoms with Crippen LogP contribution in [0.4, 0.5) is 0 Å². The van der Waals surface area contributed by atoms with Crippen molar-refractivity contribution in [3.63, 3.8) is 0 Å². The van der Waals surface area contributed by atoms with E-state index in [0.29, 0.717) is 16.2 Å². The van der Waals surface area contributed by atoms with Crippen molar-refractivity contribution in [2.75, 3.05) is 0 Å². The van der Waals surface area contributed by atoms with Crippen LogP contribution in [-0.2, 0) is 0 Å². The molecule has 0 amide bonds.